The standard InChI is InChI=1S/C12H13BrClNO3/c1-6(2)10(12(17)18)15-11(16)7-3-4-9(14)8(13)5-7/h3-6,10H,1-2H3,(H,15,16)(H,17,18). The Morgan fingerprint density at radius 2 is 2.00 bits per heavy atom. The third kappa shape index (κ3) is 3.71. The summed E-state index contributed by atoms with van der Waals surface area (Å²) < 4.78 is 0.591. The summed E-state index contributed by atoms with van der Waals surface area (Å²) in [6.45, 7) is 3.47. The molecule has 0 fully saturated rings. The number of hydrogen-bond acceptors (Lipinski definition) is 2. The van der Waals surface area contributed by atoms with Gasteiger partial charge in [0, 0.05) is 10.0 Å². The highest BCUT2D eigenvalue weighted by molar-refractivity contribution is 9.10. The first-order chi connectivity index (χ1) is 8.32. The molecule has 4 nitrogen and oxygen atoms in total. The molecule has 0 radical (unpaired) electrons. The summed E-state index contributed by atoms with van der Waals surface area (Å²) >= 11 is 9.03. The van der Waals surface area contributed by atoms with Crippen molar-refractivity contribution in [1.29, 1.82) is 0 Å². The van der Waals surface area contributed by atoms with E-state index >= 15 is 0 Å². The van der Waals surface area contributed by atoms with Crippen LogP contribution in [-0.2, 0) is 4.79 Å². The SMILES string of the molecule is CC(C)C(NC(=O)c1ccc(Cl)c(Br)c1)C(=O)O. The predicted molar refractivity (Wildman–Crippen MR) is 72.9 cm³/mol. The fourth-order valence-corrected chi connectivity index (χ4v) is 1.87. The molecule has 0 spiro atoms. The minimum absolute atomic E-state index is 0.192. The van der Waals surface area contributed by atoms with Gasteiger partial charge in [0.1, 0.15) is 6.04 Å². The van der Waals surface area contributed by atoms with Crippen molar-refractivity contribution in [3.8, 4) is 0 Å². The van der Waals surface area contributed by atoms with E-state index in [9.17, 15) is 9.59 Å². The molecule has 1 aromatic carbocycles. The predicted octanol–water partition coefficient (Wildman–Crippen LogP) is 2.94. The van der Waals surface area contributed by atoms with Gasteiger partial charge in [0.05, 0.1) is 5.02 Å². The van der Waals surface area contributed by atoms with Crippen molar-refractivity contribution in [2.45, 2.75) is 19.9 Å². The lowest BCUT2D eigenvalue weighted by atomic mass is 10.0. The lowest BCUT2D eigenvalue weighted by molar-refractivity contribution is -0.140. The second kappa shape index (κ2) is 6.20. The fourth-order valence-electron chi connectivity index (χ4n) is 1.38. The Balaban J connectivity index is 2.87. The second-order valence-electron chi connectivity index (χ2n) is 4.16. The Hall–Kier alpha value is -1.07. The molecule has 0 bridgehead atoms. The van der Waals surface area contributed by atoms with Crippen molar-refractivity contribution in [2.75, 3.05) is 0 Å². The number of carbonyl (C=O) groups excluding carboxylic acids is 1. The zero-order valence-electron chi connectivity index (χ0n) is 9.91. The highest BCUT2D eigenvalue weighted by atomic mass is 79.9. The molecule has 98 valence electrons. The Morgan fingerprint density at radius 1 is 1.39 bits per heavy atom. The first kappa shape index (κ1) is 15.0. The van der Waals surface area contributed by atoms with E-state index in [2.05, 4.69) is 21.2 Å². The maximum absolute atomic E-state index is 11.9. The van der Waals surface area contributed by atoms with Crippen LogP contribution in [0.1, 0.15) is 24.2 Å². The first-order valence-electron chi connectivity index (χ1n) is 5.31. The van der Waals surface area contributed by atoms with E-state index in [4.69, 9.17) is 16.7 Å². The molecule has 0 aliphatic carbocycles. The topological polar surface area (TPSA) is 66.4 Å². The number of benzene rings is 1. The number of carbonyl (C=O) groups is 2. The van der Waals surface area contributed by atoms with E-state index < -0.39 is 17.9 Å². The molecule has 1 aromatic rings. The summed E-state index contributed by atoms with van der Waals surface area (Å²) in [4.78, 5) is 22.9. The average Bonchev–Trinajstić information content (AvgIpc) is 2.28. The van der Waals surface area contributed by atoms with Gasteiger partial charge in [-0.3, -0.25) is 4.79 Å². The summed E-state index contributed by atoms with van der Waals surface area (Å²) in [6, 6.07) is 3.76. The normalized spacial score (nSPS) is 12.3. The maximum atomic E-state index is 11.9. The van der Waals surface area contributed by atoms with Gasteiger partial charge in [0.15, 0.2) is 0 Å². The minimum Gasteiger partial charge on any atom is -0.480 e. The smallest absolute Gasteiger partial charge is 0.326 e. The van der Waals surface area contributed by atoms with Gasteiger partial charge in [-0.1, -0.05) is 25.4 Å². The number of carboxylic acids is 1. The highest BCUT2D eigenvalue weighted by Crippen LogP contribution is 2.23. The molecule has 2 N–H and O–H groups in total. The molecule has 1 amide bonds. The second-order valence-corrected chi connectivity index (χ2v) is 5.42. The average molecular weight is 335 g/mol. The molecule has 6 heteroatoms. The van der Waals surface area contributed by atoms with Crippen LogP contribution in [0.15, 0.2) is 22.7 Å². The van der Waals surface area contributed by atoms with Gasteiger partial charge in [0.2, 0.25) is 0 Å². The summed E-state index contributed by atoms with van der Waals surface area (Å²) in [7, 11) is 0. The van der Waals surface area contributed by atoms with Crippen LogP contribution in [0.5, 0.6) is 0 Å². The van der Waals surface area contributed by atoms with Crippen LogP contribution in [0.2, 0.25) is 5.02 Å². The number of hydrogen-bond donors (Lipinski definition) is 2. The van der Waals surface area contributed by atoms with E-state index in [0.717, 1.165) is 0 Å². The Bertz CT molecular complexity index is 476. The number of nitrogens with one attached hydrogen (secondary N) is 1. The Labute approximate surface area is 118 Å². The molecule has 1 atom stereocenters. The van der Waals surface area contributed by atoms with Crippen LogP contribution in [-0.4, -0.2) is 23.0 Å². The molecule has 0 saturated heterocycles. The van der Waals surface area contributed by atoms with E-state index in [1.807, 2.05) is 0 Å². The fraction of sp³-hybridized carbons (Fsp3) is 0.333. The van der Waals surface area contributed by atoms with E-state index in [-0.39, 0.29) is 5.92 Å². The van der Waals surface area contributed by atoms with Crippen LogP contribution >= 0.6 is 27.5 Å². The lowest BCUT2D eigenvalue weighted by Gasteiger charge is -2.18. The number of aliphatic carboxylic acids is 1. The third-order valence-corrected chi connectivity index (χ3v) is 3.62. The molecule has 1 rings (SSSR count). The van der Waals surface area contributed by atoms with Crippen molar-refractivity contribution < 1.29 is 14.7 Å². The number of halogens is 2. The maximum Gasteiger partial charge on any atom is 0.326 e. The zero-order valence-corrected chi connectivity index (χ0v) is 12.2. The van der Waals surface area contributed by atoms with Gasteiger partial charge in [-0.2, -0.15) is 0 Å². The molecule has 0 aliphatic rings. The van der Waals surface area contributed by atoms with Crippen LogP contribution < -0.4 is 5.32 Å². The van der Waals surface area contributed by atoms with E-state index in [1.165, 1.54) is 0 Å². The van der Waals surface area contributed by atoms with Crippen LogP contribution in [0.25, 0.3) is 0 Å². The van der Waals surface area contributed by atoms with Crippen molar-refractivity contribution >= 4 is 39.4 Å². The summed E-state index contributed by atoms with van der Waals surface area (Å²) in [5.74, 6) is -1.68. The third-order valence-electron chi connectivity index (χ3n) is 2.40. The van der Waals surface area contributed by atoms with Gasteiger partial charge in [-0.05, 0) is 40.0 Å². The van der Waals surface area contributed by atoms with Gasteiger partial charge in [-0.15, -0.1) is 0 Å². The van der Waals surface area contributed by atoms with Crippen LogP contribution in [0.3, 0.4) is 0 Å². The largest absolute Gasteiger partial charge is 0.480 e. The molecule has 1 unspecified atom stereocenters. The summed E-state index contributed by atoms with van der Waals surface area (Å²) in [6.07, 6.45) is 0. The van der Waals surface area contributed by atoms with Crippen LogP contribution in [0.4, 0.5) is 0 Å². The molecule has 0 heterocycles. The van der Waals surface area contributed by atoms with Crippen molar-refractivity contribution in [3.05, 3.63) is 33.3 Å². The van der Waals surface area contributed by atoms with Crippen molar-refractivity contribution in [1.82, 2.24) is 5.32 Å². The monoisotopic (exact) mass is 333 g/mol. The van der Waals surface area contributed by atoms with Gasteiger partial charge < -0.3 is 10.4 Å². The van der Waals surface area contributed by atoms with E-state index in [1.54, 1.807) is 32.0 Å². The Morgan fingerprint density at radius 3 is 2.44 bits per heavy atom. The van der Waals surface area contributed by atoms with Crippen molar-refractivity contribution in [3.63, 3.8) is 0 Å². The summed E-state index contributed by atoms with van der Waals surface area (Å²) in [5.41, 5.74) is 0.359. The molecule has 0 saturated carbocycles. The first-order valence-corrected chi connectivity index (χ1v) is 6.48. The molecule has 18 heavy (non-hydrogen) atoms. The van der Waals surface area contributed by atoms with Crippen molar-refractivity contribution in [2.24, 2.45) is 5.92 Å². The van der Waals surface area contributed by atoms with Crippen LogP contribution in [0, 0.1) is 5.92 Å². The lowest BCUT2D eigenvalue weighted by Crippen LogP contribution is -2.44. The minimum atomic E-state index is -1.05. The number of carboxylic acid groups (broad SMARTS) is 1. The molecular weight excluding hydrogens is 321 g/mol. The molecule has 0 aliphatic heterocycles. The van der Waals surface area contributed by atoms with Gasteiger partial charge in [0.25, 0.3) is 5.91 Å². The Kier molecular flexibility index (Phi) is 5.16. The zero-order chi connectivity index (χ0) is 13.9. The number of amides is 1. The quantitative estimate of drug-likeness (QED) is 0.889. The number of rotatable bonds is 4. The molecule has 0 aromatic heterocycles. The van der Waals surface area contributed by atoms with Gasteiger partial charge >= 0.3 is 5.97 Å². The van der Waals surface area contributed by atoms with Gasteiger partial charge in [-0.25, -0.2) is 4.79 Å². The highest BCUT2D eigenvalue weighted by Gasteiger charge is 2.24. The van der Waals surface area contributed by atoms with E-state index in [0.29, 0.717) is 15.1 Å². The summed E-state index contributed by atoms with van der Waals surface area (Å²) in [5, 5.41) is 12.0. The molecular formula is C12H13BrClNO3.